The van der Waals surface area contributed by atoms with Gasteiger partial charge in [-0.3, -0.25) is 10.1 Å². The highest BCUT2D eigenvalue weighted by molar-refractivity contribution is 7.16. The van der Waals surface area contributed by atoms with Gasteiger partial charge in [-0.1, -0.05) is 36.2 Å². The zero-order valence-electron chi connectivity index (χ0n) is 16.6. The van der Waals surface area contributed by atoms with Gasteiger partial charge in [0.15, 0.2) is 0 Å². The third-order valence-electron chi connectivity index (χ3n) is 6.16. The lowest BCUT2D eigenvalue weighted by atomic mass is 9.74. The molecule has 2 aromatic heterocycles. The number of benzene rings is 1. The fraction of sp³-hybridized carbons (Fsp3) is 0.381. The van der Waals surface area contributed by atoms with Crippen LogP contribution in [-0.4, -0.2) is 39.2 Å². The number of hydrogen-bond donors (Lipinski definition) is 2. The van der Waals surface area contributed by atoms with Crippen molar-refractivity contribution in [1.29, 1.82) is 0 Å². The number of aromatic nitrogens is 2. The molecule has 9 heteroatoms. The molecule has 2 N–H and O–H groups in total. The smallest absolute Gasteiger partial charge is 0.324 e. The molecule has 0 radical (unpaired) electrons. The van der Waals surface area contributed by atoms with Crippen molar-refractivity contribution < 1.29 is 9.90 Å². The van der Waals surface area contributed by atoms with Gasteiger partial charge >= 0.3 is 5.97 Å². The van der Waals surface area contributed by atoms with E-state index in [4.69, 9.17) is 23.2 Å². The largest absolute Gasteiger partial charge is 0.480 e. The molecule has 30 heavy (non-hydrogen) atoms. The number of anilines is 1. The normalized spacial score (nSPS) is 24.3. The number of halogens is 2. The Morgan fingerprint density at radius 3 is 2.87 bits per heavy atom. The highest BCUT2D eigenvalue weighted by atomic mass is 35.5. The molecular formula is C21H22Cl2N4O2S. The van der Waals surface area contributed by atoms with E-state index in [2.05, 4.69) is 20.2 Å². The van der Waals surface area contributed by atoms with Gasteiger partial charge in [-0.05, 0) is 42.5 Å². The molecule has 1 aliphatic heterocycles. The fourth-order valence-electron chi connectivity index (χ4n) is 4.11. The van der Waals surface area contributed by atoms with Gasteiger partial charge in [-0.2, -0.15) is 0 Å². The molecule has 1 fully saturated rings. The maximum atomic E-state index is 12.4. The minimum atomic E-state index is -1.06. The molecule has 3 heterocycles. The zero-order chi connectivity index (χ0) is 21.5. The second-order valence-corrected chi connectivity index (χ2v) is 9.41. The lowest BCUT2D eigenvalue weighted by molar-refractivity contribution is -0.149. The number of carboxylic acid groups (broad SMARTS) is 1. The summed E-state index contributed by atoms with van der Waals surface area (Å²) in [6.07, 6.45) is 2.26. The Labute approximate surface area is 188 Å². The quantitative estimate of drug-likeness (QED) is 0.561. The van der Waals surface area contributed by atoms with Crippen molar-refractivity contribution in [3.8, 4) is 0 Å². The van der Waals surface area contributed by atoms with Gasteiger partial charge in [0, 0.05) is 36.6 Å². The van der Waals surface area contributed by atoms with Gasteiger partial charge in [-0.25, -0.2) is 9.97 Å². The topological polar surface area (TPSA) is 78.4 Å². The van der Waals surface area contributed by atoms with Crippen LogP contribution < -0.4 is 10.2 Å². The van der Waals surface area contributed by atoms with E-state index in [0.717, 1.165) is 15.8 Å². The van der Waals surface area contributed by atoms with Crippen LogP contribution in [0.1, 0.15) is 25.8 Å². The number of hydrogen-bond acceptors (Lipinski definition) is 6. The Balaban J connectivity index is 1.56. The van der Waals surface area contributed by atoms with Crippen LogP contribution in [0.2, 0.25) is 10.0 Å². The first-order valence-electron chi connectivity index (χ1n) is 9.71. The summed E-state index contributed by atoms with van der Waals surface area (Å²) >= 11 is 13.7. The summed E-state index contributed by atoms with van der Waals surface area (Å²) in [6, 6.07) is 7.27. The van der Waals surface area contributed by atoms with Crippen LogP contribution in [0.5, 0.6) is 0 Å². The number of aliphatic carboxylic acids is 1. The van der Waals surface area contributed by atoms with Crippen molar-refractivity contribution >= 4 is 56.7 Å². The standard InChI is InChI=1S/C21H22Cl2N4O2S/c1-12-13(2)27(20-24-11-15-5-8-30-18(15)26-20)7-6-21(12,19(28)29)25-10-14-3-4-16(22)17(23)9-14/h3-5,8-9,11-13,25H,6-7,10H2,1-2H3,(H,28,29). The highest BCUT2D eigenvalue weighted by Gasteiger charge is 2.50. The Morgan fingerprint density at radius 2 is 2.13 bits per heavy atom. The van der Waals surface area contributed by atoms with Crippen LogP contribution in [0, 0.1) is 5.92 Å². The summed E-state index contributed by atoms with van der Waals surface area (Å²) in [5, 5.41) is 17.4. The molecule has 6 nitrogen and oxygen atoms in total. The molecule has 1 aliphatic rings. The van der Waals surface area contributed by atoms with E-state index in [9.17, 15) is 9.90 Å². The third-order valence-corrected chi connectivity index (χ3v) is 7.73. The van der Waals surface area contributed by atoms with Crippen LogP contribution in [-0.2, 0) is 11.3 Å². The highest BCUT2D eigenvalue weighted by Crippen LogP contribution is 2.36. The summed E-state index contributed by atoms with van der Waals surface area (Å²) < 4.78 is 0. The molecule has 158 valence electrons. The predicted molar refractivity (Wildman–Crippen MR) is 122 cm³/mol. The van der Waals surface area contributed by atoms with E-state index in [0.29, 0.717) is 35.5 Å². The van der Waals surface area contributed by atoms with Gasteiger partial charge < -0.3 is 10.0 Å². The van der Waals surface area contributed by atoms with Gasteiger partial charge in [0.25, 0.3) is 0 Å². The molecule has 3 aromatic rings. The van der Waals surface area contributed by atoms with E-state index in [-0.39, 0.29) is 12.0 Å². The first-order chi connectivity index (χ1) is 14.3. The predicted octanol–water partition coefficient (Wildman–Crippen LogP) is 4.85. The van der Waals surface area contributed by atoms with Crippen molar-refractivity contribution in [3.63, 3.8) is 0 Å². The van der Waals surface area contributed by atoms with E-state index in [1.165, 1.54) is 0 Å². The Hall–Kier alpha value is -1.93. The Kier molecular flexibility index (Phi) is 5.90. The average molecular weight is 465 g/mol. The molecule has 0 spiro atoms. The zero-order valence-corrected chi connectivity index (χ0v) is 18.9. The van der Waals surface area contributed by atoms with Crippen LogP contribution >= 0.6 is 34.5 Å². The van der Waals surface area contributed by atoms with Gasteiger partial charge in [0.1, 0.15) is 10.4 Å². The second kappa shape index (κ2) is 8.30. The first-order valence-corrected chi connectivity index (χ1v) is 11.3. The number of fused-ring (bicyclic) bond motifs is 1. The molecule has 0 bridgehead atoms. The molecule has 3 unspecified atom stereocenters. The van der Waals surface area contributed by atoms with E-state index in [1.807, 2.05) is 37.6 Å². The molecule has 0 saturated carbocycles. The molecule has 4 rings (SSSR count). The first kappa shape index (κ1) is 21.3. The molecule has 3 atom stereocenters. The molecule has 0 aliphatic carbocycles. The van der Waals surface area contributed by atoms with Crippen molar-refractivity contribution in [2.45, 2.75) is 38.4 Å². The second-order valence-electron chi connectivity index (χ2n) is 7.70. The van der Waals surface area contributed by atoms with E-state index in [1.54, 1.807) is 23.5 Å². The summed E-state index contributed by atoms with van der Waals surface area (Å²) in [5.74, 6) is -0.391. The minimum Gasteiger partial charge on any atom is -0.480 e. The van der Waals surface area contributed by atoms with Crippen LogP contribution in [0.25, 0.3) is 10.2 Å². The van der Waals surface area contributed by atoms with E-state index < -0.39 is 11.5 Å². The number of carboxylic acids is 1. The lowest BCUT2D eigenvalue weighted by Crippen LogP contribution is -2.66. The molecule has 1 saturated heterocycles. The molecular weight excluding hydrogens is 443 g/mol. The van der Waals surface area contributed by atoms with Crippen molar-refractivity contribution in [1.82, 2.24) is 15.3 Å². The summed E-state index contributed by atoms with van der Waals surface area (Å²) in [5.41, 5.74) is -0.173. The fourth-order valence-corrected chi connectivity index (χ4v) is 5.17. The summed E-state index contributed by atoms with van der Waals surface area (Å²) in [7, 11) is 0. The number of thiophene rings is 1. The molecule has 1 aromatic carbocycles. The van der Waals surface area contributed by atoms with Crippen molar-refractivity contribution in [2.24, 2.45) is 5.92 Å². The Bertz CT molecular complexity index is 1090. The lowest BCUT2D eigenvalue weighted by Gasteiger charge is -2.48. The number of nitrogens with one attached hydrogen (secondary N) is 1. The van der Waals surface area contributed by atoms with Crippen molar-refractivity contribution in [2.75, 3.05) is 11.4 Å². The van der Waals surface area contributed by atoms with Gasteiger partial charge in [0.2, 0.25) is 5.95 Å². The molecule has 0 amide bonds. The maximum Gasteiger partial charge on any atom is 0.324 e. The number of carbonyl (C=O) groups is 1. The number of piperidine rings is 1. The average Bonchev–Trinajstić information content (AvgIpc) is 3.19. The Morgan fingerprint density at radius 1 is 1.33 bits per heavy atom. The number of nitrogens with zero attached hydrogens (tertiary/aromatic N) is 3. The SMILES string of the molecule is CC1C(C)C(NCc2ccc(Cl)c(Cl)c2)(C(=O)O)CCN1c1ncc2ccsc2n1. The van der Waals surface area contributed by atoms with Crippen LogP contribution in [0.3, 0.4) is 0 Å². The van der Waals surface area contributed by atoms with E-state index >= 15 is 0 Å². The minimum absolute atomic E-state index is 0.0615. The van der Waals surface area contributed by atoms with Crippen LogP contribution in [0.15, 0.2) is 35.8 Å². The van der Waals surface area contributed by atoms with Crippen molar-refractivity contribution in [3.05, 3.63) is 51.5 Å². The van der Waals surface area contributed by atoms with Gasteiger partial charge in [0.05, 0.1) is 10.0 Å². The van der Waals surface area contributed by atoms with Crippen LogP contribution in [0.4, 0.5) is 5.95 Å². The maximum absolute atomic E-state index is 12.4. The monoisotopic (exact) mass is 464 g/mol. The summed E-state index contributed by atoms with van der Waals surface area (Å²) in [6.45, 7) is 4.93. The summed E-state index contributed by atoms with van der Waals surface area (Å²) in [4.78, 5) is 24.6. The third kappa shape index (κ3) is 3.75. The number of rotatable bonds is 5. The van der Waals surface area contributed by atoms with Gasteiger partial charge in [-0.15, -0.1) is 11.3 Å².